The minimum Gasteiger partial charge on any atom is -0.496 e. The predicted octanol–water partition coefficient (Wildman–Crippen LogP) is 4.18. The summed E-state index contributed by atoms with van der Waals surface area (Å²) in [4.78, 5) is 27.6. The first kappa shape index (κ1) is 24.2. The van der Waals surface area contributed by atoms with Crippen molar-refractivity contribution in [2.75, 3.05) is 32.1 Å². The molecular formula is C27H34N2O5. The average molecular weight is 467 g/mol. The summed E-state index contributed by atoms with van der Waals surface area (Å²) in [5.74, 6) is 0.111. The van der Waals surface area contributed by atoms with Crippen molar-refractivity contribution in [2.45, 2.75) is 50.7 Å². The largest absolute Gasteiger partial charge is 0.496 e. The van der Waals surface area contributed by atoms with Crippen LogP contribution in [0, 0.1) is 5.92 Å². The Hall–Kier alpha value is -2.90. The Morgan fingerprint density at radius 3 is 2.68 bits per heavy atom. The Morgan fingerprint density at radius 1 is 1.12 bits per heavy atom. The number of nitrogens with one attached hydrogen (secondary N) is 1. The zero-order valence-electron chi connectivity index (χ0n) is 20.0. The lowest BCUT2D eigenvalue weighted by molar-refractivity contribution is -0.135. The highest BCUT2D eigenvalue weighted by atomic mass is 16.5. The summed E-state index contributed by atoms with van der Waals surface area (Å²) in [5, 5.41) is 14.4. The number of rotatable bonds is 7. The fraction of sp³-hybridized carbons (Fsp3) is 0.481. The van der Waals surface area contributed by atoms with Crippen LogP contribution in [0.3, 0.4) is 0 Å². The van der Waals surface area contributed by atoms with Crippen molar-refractivity contribution in [3.8, 4) is 5.75 Å². The highest BCUT2D eigenvalue weighted by Gasteiger charge is 2.49. The number of likely N-dealkylation sites (tertiary alicyclic amines) is 1. The summed E-state index contributed by atoms with van der Waals surface area (Å²) in [6.45, 7) is 2.76. The Morgan fingerprint density at radius 2 is 1.88 bits per heavy atom. The summed E-state index contributed by atoms with van der Waals surface area (Å²) >= 11 is 0. The molecule has 2 aliphatic rings. The van der Waals surface area contributed by atoms with Crippen molar-refractivity contribution >= 4 is 17.6 Å². The number of piperidine rings is 1. The van der Waals surface area contributed by atoms with Gasteiger partial charge in [-0.3, -0.25) is 9.69 Å². The van der Waals surface area contributed by atoms with Crippen LogP contribution >= 0.6 is 0 Å². The van der Waals surface area contributed by atoms with Gasteiger partial charge in [-0.2, -0.15) is 0 Å². The molecule has 1 heterocycles. The zero-order chi connectivity index (χ0) is 24.1. The first-order valence-electron chi connectivity index (χ1n) is 12.1. The van der Waals surface area contributed by atoms with E-state index in [2.05, 4.69) is 10.2 Å². The van der Waals surface area contributed by atoms with Crippen LogP contribution in [-0.2, 0) is 9.53 Å². The van der Waals surface area contributed by atoms with Gasteiger partial charge in [0.15, 0.2) is 0 Å². The highest BCUT2D eigenvalue weighted by Crippen LogP contribution is 2.50. The number of esters is 1. The Labute approximate surface area is 201 Å². The maximum atomic E-state index is 13.2. The molecule has 2 N–H and O–H groups in total. The molecule has 1 amide bonds. The Kier molecular flexibility index (Phi) is 7.54. The van der Waals surface area contributed by atoms with Crippen LogP contribution in [0.2, 0.25) is 0 Å². The second kappa shape index (κ2) is 10.6. The van der Waals surface area contributed by atoms with E-state index in [0.717, 1.165) is 37.0 Å². The van der Waals surface area contributed by atoms with Crippen LogP contribution < -0.4 is 10.1 Å². The van der Waals surface area contributed by atoms with E-state index in [1.165, 1.54) is 0 Å². The maximum Gasteiger partial charge on any atom is 0.340 e. The summed E-state index contributed by atoms with van der Waals surface area (Å²) in [5.41, 5.74) is 1.03. The zero-order valence-corrected chi connectivity index (χ0v) is 20.0. The molecule has 1 aliphatic carbocycles. The number of nitrogens with zero attached hydrogens (tertiary/aromatic N) is 1. The van der Waals surface area contributed by atoms with Gasteiger partial charge in [-0.25, -0.2) is 4.79 Å². The number of benzene rings is 2. The lowest BCUT2D eigenvalue weighted by Crippen LogP contribution is -2.56. The molecule has 0 radical (unpaired) electrons. The molecule has 7 nitrogen and oxygen atoms in total. The maximum absolute atomic E-state index is 13.2. The van der Waals surface area contributed by atoms with Crippen LogP contribution in [0.1, 0.15) is 61.0 Å². The van der Waals surface area contributed by atoms with Crippen molar-refractivity contribution in [3.05, 3.63) is 59.7 Å². The van der Waals surface area contributed by atoms with Crippen molar-refractivity contribution in [2.24, 2.45) is 5.92 Å². The van der Waals surface area contributed by atoms with E-state index < -0.39 is 11.6 Å². The lowest BCUT2D eigenvalue weighted by Gasteiger charge is -2.52. The van der Waals surface area contributed by atoms with Gasteiger partial charge >= 0.3 is 5.97 Å². The third-order valence-corrected chi connectivity index (χ3v) is 7.17. The van der Waals surface area contributed by atoms with E-state index in [4.69, 9.17) is 9.47 Å². The number of methoxy groups -OCH3 is 1. The van der Waals surface area contributed by atoms with E-state index in [-0.39, 0.29) is 31.0 Å². The normalized spacial score (nSPS) is 24.7. The number of hydrogen-bond donors (Lipinski definition) is 2. The summed E-state index contributed by atoms with van der Waals surface area (Å²) < 4.78 is 10.8. The van der Waals surface area contributed by atoms with Crippen molar-refractivity contribution in [3.63, 3.8) is 0 Å². The molecule has 182 valence electrons. The van der Waals surface area contributed by atoms with Crippen LogP contribution in [0.15, 0.2) is 48.5 Å². The topological polar surface area (TPSA) is 88.1 Å². The first-order chi connectivity index (χ1) is 16.5. The molecule has 0 bridgehead atoms. The Bertz CT molecular complexity index is 1030. The second-order valence-electron chi connectivity index (χ2n) is 9.18. The molecular weight excluding hydrogens is 432 g/mol. The minimum atomic E-state index is -0.729. The number of carbonyl (C=O) groups excluding carboxylic acids is 2. The van der Waals surface area contributed by atoms with E-state index in [1.54, 1.807) is 38.3 Å². The number of ether oxygens (including phenoxy) is 2. The lowest BCUT2D eigenvalue weighted by atomic mass is 9.66. The van der Waals surface area contributed by atoms with Crippen molar-refractivity contribution < 1.29 is 24.2 Å². The van der Waals surface area contributed by atoms with E-state index >= 15 is 0 Å². The second-order valence-corrected chi connectivity index (χ2v) is 9.18. The number of anilines is 1. The SMILES string of the molecule is CCOC(=O)c1ccccc1NC(=O)CN1CC[C@]2(O)CCCC[C@H]2[C@@H]1c1ccccc1OC. The van der Waals surface area contributed by atoms with Gasteiger partial charge in [0.25, 0.3) is 0 Å². The van der Waals surface area contributed by atoms with Crippen LogP contribution in [0.4, 0.5) is 5.69 Å². The number of hydrogen-bond acceptors (Lipinski definition) is 6. The molecule has 1 saturated carbocycles. The smallest absolute Gasteiger partial charge is 0.340 e. The fourth-order valence-electron chi connectivity index (χ4n) is 5.60. The van der Waals surface area contributed by atoms with Gasteiger partial charge < -0.3 is 19.9 Å². The standard InChI is InChI=1S/C27H34N2O5/c1-3-34-26(31)19-10-4-6-13-22(19)28-24(30)18-29-17-16-27(32)15-9-8-12-21(27)25(29)20-11-5-7-14-23(20)33-2/h4-7,10-11,13-14,21,25,32H,3,8-9,12,15-18H2,1-2H3,(H,28,30)/t21-,25-,27+/m0/s1. The predicted molar refractivity (Wildman–Crippen MR) is 130 cm³/mol. The molecule has 0 aromatic heterocycles. The molecule has 3 atom stereocenters. The van der Waals surface area contributed by atoms with E-state index in [0.29, 0.717) is 24.2 Å². The quantitative estimate of drug-likeness (QED) is 0.596. The number of fused-ring (bicyclic) bond motifs is 1. The van der Waals surface area contributed by atoms with E-state index in [1.807, 2.05) is 24.3 Å². The van der Waals surface area contributed by atoms with E-state index in [9.17, 15) is 14.7 Å². The molecule has 34 heavy (non-hydrogen) atoms. The van der Waals surface area contributed by atoms with Crippen LogP contribution in [-0.4, -0.2) is 54.3 Å². The summed E-state index contributed by atoms with van der Waals surface area (Å²) in [6.07, 6.45) is 4.41. The monoisotopic (exact) mass is 466 g/mol. The van der Waals surface area contributed by atoms with Gasteiger partial charge in [0, 0.05) is 24.1 Å². The third-order valence-electron chi connectivity index (χ3n) is 7.17. The number of para-hydroxylation sites is 2. The molecule has 2 aromatic rings. The van der Waals surface area contributed by atoms with Gasteiger partial charge in [0.1, 0.15) is 5.75 Å². The molecule has 1 saturated heterocycles. The third kappa shape index (κ3) is 4.95. The van der Waals surface area contributed by atoms with Crippen LogP contribution in [0.25, 0.3) is 0 Å². The van der Waals surface area contributed by atoms with Crippen LogP contribution in [0.5, 0.6) is 5.75 Å². The van der Waals surface area contributed by atoms with Crippen molar-refractivity contribution in [1.29, 1.82) is 0 Å². The van der Waals surface area contributed by atoms with Crippen molar-refractivity contribution in [1.82, 2.24) is 4.90 Å². The van der Waals surface area contributed by atoms with Gasteiger partial charge in [0.2, 0.25) is 5.91 Å². The van der Waals surface area contributed by atoms with Gasteiger partial charge in [-0.05, 0) is 44.4 Å². The molecule has 7 heteroatoms. The molecule has 2 aromatic carbocycles. The highest BCUT2D eigenvalue weighted by molar-refractivity contribution is 6.01. The first-order valence-corrected chi connectivity index (χ1v) is 12.1. The molecule has 0 spiro atoms. The number of aliphatic hydroxyl groups is 1. The molecule has 4 rings (SSSR count). The molecule has 2 fully saturated rings. The summed E-state index contributed by atoms with van der Waals surface area (Å²) in [7, 11) is 1.65. The van der Waals surface area contributed by atoms with Gasteiger partial charge in [-0.15, -0.1) is 0 Å². The van der Waals surface area contributed by atoms with Gasteiger partial charge in [0.05, 0.1) is 37.1 Å². The fourth-order valence-corrected chi connectivity index (χ4v) is 5.60. The van der Waals surface area contributed by atoms with Gasteiger partial charge in [-0.1, -0.05) is 43.2 Å². The molecule has 1 aliphatic heterocycles. The molecule has 0 unspecified atom stereocenters. The average Bonchev–Trinajstić information content (AvgIpc) is 2.84. The summed E-state index contributed by atoms with van der Waals surface area (Å²) in [6, 6.07) is 14.6. The minimum absolute atomic E-state index is 0.0194. The Balaban J connectivity index is 1.59. The number of carbonyl (C=O) groups is 2. The number of amides is 1.